The van der Waals surface area contributed by atoms with E-state index in [0.717, 1.165) is 0 Å². The van der Waals surface area contributed by atoms with Gasteiger partial charge in [0.25, 0.3) is 0 Å². The number of sulfone groups is 1. The average Bonchev–Trinajstić information content (AvgIpc) is 2.15. The van der Waals surface area contributed by atoms with Crippen molar-refractivity contribution < 1.29 is 17.9 Å². The first kappa shape index (κ1) is 18.6. The molecule has 0 spiro atoms. The maximum atomic E-state index is 10.6. The fraction of sp³-hybridized carbons (Fsp3) is 0.857. The summed E-state index contributed by atoms with van der Waals surface area (Å²) < 4.78 is 25.4. The first-order valence-electron chi connectivity index (χ1n) is 4.27. The second kappa shape index (κ2) is 10.4. The van der Waals surface area contributed by atoms with Gasteiger partial charge in [-0.2, -0.15) is 0 Å². The molecule has 1 saturated heterocycles. The molecule has 0 amide bonds. The molecule has 1 N–H and O–H groups in total. The van der Waals surface area contributed by atoms with Crippen molar-refractivity contribution in [1.82, 2.24) is 5.32 Å². The summed E-state index contributed by atoms with van der Waals surface area (Å²) >= 11 is 9.85. The van der Waals surface area contributed by atoms with Gasteiger partial charge in [0.05, 0.1) is 17.4 Å². The highest BCUT2D eigenvalue weighted by Crippen LogP contribution is 1.91. The minimum absolute atomic E-state index is 0. The molecule has 1 aliphatic rings. The van der Waals surface area contributed by atoms with Gasteiger partial charge in [0.1, 0.15) is 6.61 Å². The quantitative estimate of drug-likeness (QED) is 0.609. The van der Waals surface area contributed by atoms with Crippen LogP contribution in [0.5, 0.6) is 0 Å². The van der Waals surface area contributed by atoms with Gasteiger partial charge in [-0.1, -0.05) is 0 Å². The highest BCUT2D eigenvalue weighted by atomic mass is 35.5. The zero-order valence-corrected chi connectivity index (χ0v) is 11.6. The van der Waals surface area contributed by atoms with E-state index in [4.69, 9.17) is 23.2 Å². The Hall–Kier alpha value is 0.250. The van der Waals surface area contributed by atoms with Crippen molar-refractivity contribution >= 4 is 50.9 Å². The van der Waals surface area contributed by atoms with Crippen LogP contribution in [0.1, 0.15) is 0 Å². The van der Waals surface area contributed by atoms with Gasteiger partial charge < -0.3 is 10.1 Å². The summed E-state index contributed by atoms with van der Waals surface area (Å²) in [6.07, 6.45) is 0. The molecule has 9 heteroatoms. The monoisotopic (exact) mass is 313 g/mol. The van der Waals surface area contributed by atoms with Crippen LogP contribution in [0.4, 0.5) is 4.79 Å². The fourth-order valence-electron chi connectivity index (χ4n) is 0.801. The second-order valence-corrected chi connectivity index (χ2v) is 5.67. The van der Waals surface area contributed by atoms with Crippen LogP contribution in [0.3, 0.4) is 0 Å². The summed E-state index contributed by atoms with van der Waals surface area (Å²) in [5.74, 6) is 0.915. The van der Waals surface area contributed by atoms with Crippen LogP contribution >= 0.6 is 35.6 Å². The molecule has 0 bridgehead atoms. The summed E-state index contributed by atoms with van der Waals surface area (Å²) in [7, 11) is -2.65. The van der Waals surface area contributed by atoms with Crippen molar-refractivity contribution in [3.8, 4) is 0 Å². The molecule has 1 fully saturated rings. The van der Waals surface area contributed by atoms with Crippen molar-refractivity contribution in [1.29, 1.82) is 0 Å². The number of rotatable bonds is 2. The van der Waals surface area contributed by atoms with E-state index >= 15 is 0 Å². The lowest BCUT2D eigenvalue weighted by Gasteiger charge is -2.10. The molecular weight excluding hydrogens is 301 g/mol. The van der Waals surface area contributed by atoms with E-state index < -0.39 is 15.3 Å². The van der Waals surface area contributed by atoms with Gasteiger partial charge in [0.2, 0.25) is 0 Å². The number of alkyl halides is 1. The molecule has 0 atom stereocenters. The molecule has 0 unspecified atom stereocenters. The zero-order chi connectivity index (χ0) is 11.7. The van der Waals surface area contributed by atoms with E-state index in [0.29, 0.717) is 30.5 Å². The Balaban J connectivity index is 0. The number of hydrogen-bond donors (Lipinski definition) is 1. The largest absolute Gasteiger partial charge is 0.452 e. The average molecular weight is 315 g/mol. The Morgan fingerprint density at radius 2 is 1.81 bits per heavy atom. The molecule has 1 aliphatic heterocycles. The van der Waals surface area contributed by atoms with Crippen LogP contribution in [-0.2, 0) is 14.6 Å². The molecule has 98 valence electrons. The summed E-state index contributed by atoms with van der Waals surface area (Å²) in [5, 5.41) is 2.96. The normalized spacial score (nSPS) is 17.4. The van der Waals surface area contributed by atoms with Gasteiger partial charge in [0, 0.05) is 24.7 Å². The van der Waals surface area contributed by atoms with E-state index in [9.17, 15) is 13.2 Å². The van der Waals surface area contributed by atoms with Crippen molar-refractivity contribution in [2.75, 3.05) is 37.1 Å². The molecule has 5 nitrogen and oxygen atoms in total. The summed E-state index contributed by atoms with van der Waals surface area (Å²) in [4.78, 5) is 9.69. The van der Waals surface area contributed by atoms with Gasteiger partial charge in [-0.3, -0.25) is 0 Å². The number of ether oxygens (including phenoxy) is 1. The van der Waals surface area contributed by atoms with Gasteiger partial charge in [-0.25, -0.2) is 13.2 Å². The van der Waals surface area contributed by atoms with E-state index in [2.05, 4.69) is 10.1 Å². The number of nitrogens with one attached hydrogen (secondary N) is 1. The minimum Gasteiger partial charge on any atom is -0.452 e. The van der Waals surface area contributed by atoms with E-state index in [1.54, 1.807) is 0 Å². The van der Waals surface area contributed by atoms with E-state index in [1.807, 2.05) is 0 Å². The SMILES string of the molecule is Cl.O=C(Cl)OCCCl.O=S1(=O)CCNCC1. The highest BCUT2D eigenvalue weighted by molar-refractivity contribution is 7.91. The van der Waals surface area contributed by atoms with Crippen LogP contribution in [0.15, 0.2) is 0 Å². The molecular formula is C7H14Cl3NO4S. The number of hydrogen-bond acceptors (Lipinski definition) is 5. The third-order valence-electron chi connectivity index (χ3n) is 1.47. The molecule has 1 heterocycles. The lowest BCUT2D eigenvalue weighted by molar-refractivity contribution is 0.180. The lowest BCUT2D eigenvalue weighted by atomic mass is 10.6. The molecule has 0 radical (unpaired) electrons. The topological polar surface area (TPSA) is 72.5 Å². The third-order valence-corrected chi connectivity index (χ3v) is 3.39. The Kier molecular flexibility index (Phi) is 12.1. The molecule has 0 saturated carbocycles. The number of carbonyl (C=O) groups excluding carboxylic acids is 1. The maximum Gasteiger partial charge on any atom is 0.403 e. The molecule has 0 aromatic carbocycles. The second-order valence-electron chi connectivity index (χ2n) is 2.68. The Bertz CT molecular complexity index is 271. The Labute approximate surface area is 111 Å². The van der Waals surface area contributed by atoms with Crippen LogP contribution in [0.2, 0.25) is 0 Å². The summed E-state index contributed by atoms with van der Waals surface area (Å²) in [6.45, 7) is 1.44. The molecule has 16 heavy (non-hydrogen) atoms. The number of halogens is 3. The first-order chi connectivity index (χ1) is 6.98. The first-order valence-corrected chi connectivity index (χ1v) is 7.00. The van der Waals surface area contributed by atoms with E-state index in [1.165, 1.54) is 0 Å². The van der Waals surface area contributed by atoms with Crippen molar-refractivity contribution in [3.05, 3.63) is 0 Å². The highest BCUT2D eigenvalue weighted by Gasteiger charge is 2.13. The third kappa shape index (κ3) is 12.3. The predicted octanol–water partition coefficient (Wildman–Crippen LogP) is 1.03. The zero-order valence-electron chi connectivity index (χ0n) is 8.45. The van der Waals surface area contributed by atoms with Gasteiger partial charge in [-0.15, -0.1) is 24.0 Å². The summed E-state index contributed by atoms with van der Waals surface area (Å²) in [6, 6.07) is 0. The Morgan fingerprint density at radius 3 is 2.00 bits per heavy atom. The standard InChI is InChI=1S/C4H9NO2S.C3H4Cl2O2.ClH/c6-8(7)3-1-5-2-4-8;4-1-2-7-3(5)6;/h5H,1-4H2;1-2H2;1H. The predicted molar refractivity (Wildman–Crippen MR) is 66.7 cm³/mol. The maximum absolute atomic E-state index is 10.6. The lowest BCUT2D eigenvalue weighted by Crippen LogP contribution is -2.35. The van der Waals surface area contributed by atoms with Gasteiger partial charge in [-0.05, 0) is 0 Å². The van der Waals surface area contributed by atoms with Crippen LogP contribution in [0, 0.1) is 0 Å². The molecule has 0 aromatic heterocycles. The van der Waals surface area contributed by atoms with Crippen molar-refractivity contribution in [2.24, 2.45) is 0 Å². The van der Waals surface area contributed by atoms with Crippen LogP contribution < -0.4 is 5.32 Å². The van der Waals surface area contributed by atoms with Gasteiger partial charge >= 0.3 is 5.43 Å². The smallest absolute Gasteiger partial charge is 0.403 e. The molecule has 0 aliphatic carbocycles. The number of carbonyl (C=O) groups is 1. The van der Waals surface area contributed by atoms with Crippen LogP contribution in [0.25, 0.3) is 0 Å². The van der Waals surface area contributed by atoms with Crippen LogP contribution in [-0.4, -0.2) is 50.9 Å². The molecule has 0 aromatic rings. The minimum atomic E-state index is -2.65. The van der Waals surface area contributed by atoms with Crippen molar-refractivity contribution in [2.45, 2.75) is 0 Å². The van der Waals surface area contributed by atoms with Gasteiger partial charge in [0.15, 0.2) is 9.84 Å². The van der Waals surface area contributed by atoms with E-state index in [-0.39, 0.29) is 19.0 Å². The molecule has 1 rings (SSSR count). The fourth-order valence-corrected chi connectivity index (χ4v) is 2.07. The summed E-state index contributed by atoms with van der Waals surface area (Å²) in [5.41, 5.74) is -0.805. The van der Waals surface area contributed by atoms with Crippen molar-refractivity contribution in [3.63, 3.8) is 0 Å². The Morgan fingerprint density at radius 1 is 1.31 bits per heavy atom.